The fourth-order valence-corrected chi connectivity index (χ4v) is 4.20. The van der Waals surface area contributed by atoms with E-state index in [0.717, 1.165) is 22.3 Å². The van der Waals surface area contributed by atoms with Crippen molar-refractivity contribution < 1.29 is 14.4 Å². The van der Waals surface area contributed by atoms with E-state index < -0.39 is 11.2 Å². The third-order valence-corrected chi connectivity index (χ3v) is 5.98. The van der Waals surface area contributed by atoms with Crippen molar-refractivity contribution in [1.29, 1.82) is 0 Å². The fourth-order valence-electron chi connectivity index (χ4n) is 4.20. The van der Waals surface area contributed by atoms with Crippen molar-refractivity contribution in [3.63, 3.8) is 0 Å². The van der Waals surface area contributed by atoms with E-state index >= 15 is 0 Å². The Morgan fingerprint density at radius 2 is 1.80 bits per heavy atom. The smallest absolute Gasteiger partial charge is 0.332 e. The maximum Gasteiger partial charge on any atom is 0.332 e. The third kappa shape index (κ3) is 3.33. The zero-order valence-corrected chi connectivity index (χ0v) is 17.0. The van der Waals surface area contributed by atoms with Crippen LogP contribution in [-0.4, -0.2) is 66.3 Å². The summed E-state index contributed by atoms with van der Waals surface area (Å²) in [5.41, 5.74) is -0.315. The number of fused-ring (bicyclic) bond motifs is 1. The predicted octanol–water partition coefficient (Wildman–Crippen LogP) is -0.795. The molecule has 0 radical (unpaired) electrons. The highest BCUT2D eigenvalue weighted by atomic mass is 16.2. The van der Waals surface area contributed by atoms with E-state index in [2.05, 4.69) is 9.97 Å². The first-order valence-corrected chi connectivity index (χ1v) is 10.0. The molecule has 11 heteroatoms. The summed E-state index contributed by atoms with van der Waals surface area (Å²) in [4.78, 5) is 71.0. The van der Waals surface area contributed by atoms with Crippen LogP contribution in [0.15, 0.2) is 9.59 Å². The van der Waals surface area contributed by atoms with Crippen molar-refractivity contribution in [2.75, 3.05) is 19.6 Å². The molecule has 3 amide bonds. The number of carbonyl (C=O) groups is 3. The molecule has 0 spiro atoms. The van der Waals surface area contributed by atoms with Gasteiger partial charge in [-0.3, -0.25) is 33.2 Å². The Kier molecular flexibility index (Phi) is 5.04. The molecule has 1 atom stereocenters. The summed E-state index contributed by atoms with van der Waals surface area (Å²) < 4.78 is 2.36. The van der Waals surface area contributed by atoms with Gasteiger partial charge in [0.1, 0.15) is 11.3 Å². The van der Waals surface area contributed by atoms with Gasteiger partial charge >= 0.3 is 5.69 Å². The molecule has 4 heterocycles. The Labute approximate surface area is 171 Å². The number of amides is 3. The van der Waals surface area contributed by atoms with Gasteiger partial charge in [-0.2, -0.15) is 0 Å². The molecule has 0 bridgehead atoms. The van der Waals surface area contributed by atoms with Crippen molar-refractivity contribution in [2.45, 2.75) is 38.0 Å². The summed E-state index contributed by atoms with van der Waals surface area (Å²) in [6.07, 6.45) is 2.09. The minimum atomic E-state index is -0.447. The van der Waals surface area contributed by atoms with Crippen molar-refractivity contribution in [1.82, 2.24) is 28.9 Å². The number of nitrogens with one attached hydrogen (secondary N) is 1. The van der Waals surface area contributed by atoms with Gasteiger partial charge in [0, 0.05) is 58.9 Å². The van der Waals surface area contributed by atoms with E-state index in [-0.39, 0.29) is 55.0 Å². The van der Waals surface area contributed by atoms with Gasteiger partial charge in [-0.1, -0.05) is 0 Å². The van der Waals surface area contributed by atoms with Crippen molar-refractivity contribution in [3.8, 4) is 0 Å². The maximum atomic E-state index is 12.7. The second kappa shape index (κ2) is 7.54. The minimum absolute atomic E-state index is 0.0926. The van der Waals surface area contributed by atoms with Crippen LogP contribution in [0.4, 0.5) is 0 Å². The van der Waals surface area contributed by atoms with Crippen LogP contribution in [-0.2, 0) is 28.5 Å². The summed E-state index contributed by atoms with van der Waals surface area (Å²) in [7, 11) is 2.98. The van der Waals surface area contributed by atoms with E-state index in [9.17, 15) is 24.0 Å². The van der Waals surface area contributed by atoms with E-state index in [1.807, 2.05) is 0 Å². The number of aromatic amines is 1. The minimum Gasteiger partial charge on any atom is -0.342 e. The van der Waals surface area contributed by atoms with E-state index in [1.165, 1.54) is 11.6 Å². The Morgan fingerprint density at radius 1 is 1.10 bits per heavy atom. The van der Waals surface area contributed by atoms with Gasteiger partial charge in [-0.05, 0) is 12.8 Å². The summed E-state index contributed by atoms with van der Waals surface area (Å²) in [5.74, 6) is -0.0835. The lowest BCUT2D eigenvalue weighted by atomic mass is 9.97. The molecule has 2 aromatic heterocycles. The third-order valence-electron chi connectivity index (χ3n) is 5.98. The molecule has 30 heavy (non-hydrogen) atoms. The first-order chi connectivity index (χ1) is 14.3. The van der Waals surface area contributed by atoms with Crippen LogP contribution in [0.3, 0.4) is 0 Å². The quantitative estimate of drug-likeness (QED) is 0.650. The van der Waals surface area contributed by atoms with Gasteiger partial charge in [0.2, 0.25) is 17.7 Å². The SMILES string of the molecule is Cn1c(=O)c2[nH]c(C3CCCN(C(=O)CCN4C(=O)CCC4=O)C3)nc2n(C)c1=O. The molecular formula is C19H24N6O5. The molecule has 0 aromatic carbocycles. The number of imide groups is 1. The Morgan fingerprint density at radius 3 is 2.50 bits per heavy atom. The summed E-state index contributed by atoms with van der Waals surface area (Å²) >= 11 is 0. The molecule has 0 aliphatic carbocycles. The average molecular weight is 416 g/mol. The number of nitrogens with zero attached hydrogens (tertiary/aromatic N) is 5. The molecule has 0 saturated carbocycles. The van der Waals surface area contributed by atoms with Gasteiger partial charge in [0.25, 0.3) is 5.56 Å². The lowest BCUT2D eigenvalue weighted by Crippen LogP contribution is -2.41. The number of H-pyrrole nitrogens is 1. The molecule has 2 fully saturated rings. The Hall–Kier alpha value is -3.24. The van der Waals surface area contributed by atoms with Gasteiger partial charge < -0.3 is 9.88 Å². The number of carbonyl (C=O) groups excluding carboxylic acids is 3. The lowest BCUT2D eigenvalue weighted by Gasteiger charge is -2.32. The molecule has 11 nitrogen and oxygen atoms in total. The first kappa shape index (κ1) is 20.0. The van der Waals surface area contributed by atoms with Gasteiger partial charge in [0.05, 0.1) is 0 Å². The van der Waals surface area contributed by atoms with E-state index in [4.69, 9.17) is 0 Å². The molecule has 160 valence electrons. The van der Waals surface area contributed by atoms with E-state index in [0.29, 0.717) is 24.6 Å². The maximum absolute atomic E-state index is 12.7. The Balaban J connectivity index is 1.49. The highest BCUT2D eigenvalue weighted by Gasteiger charge is 2.31. The number of piperidine rings is 1. The van der Waals surface area contributed by atoms with Crippen LogP contribution in [0, 0.1) is 0 Å². The number of aromatic nitrogens is 4. The first-order valence-electron chi connectivity index (χ1n) is 10.0. The summed E-state index contributed by atoms with van der Waals surface area (Å²) in [5, 5.41) is 0. The largest absolute Gasteiger partial charge is 0.342 e. The van der Waals surface area contributed by atoms with Crippen molar-refractivity contribution >= 4 is 28.9 Å². The summed E-state index contributed by atoms with van der Waals surface area (Å²) in [6.45, 7) is 1.13. The summed E-state index contributed by atoms with van der Waals surface area (Å²) in [6, 6.07) is 0. The lowest BCUT2D eigenvalue weighted by molar-refractivity contribution is -0.139. The van der Waals surface area contributed by atoms with E-state index in [1.54, 1.807) is 11.9 Å². The number of aryl methyl sites for hydroxylation is 1. The number of hydrogen-bond acceptors (Lipinski definition) is 6. The molecule has 1 unspecified atom stereocenters. The topological polar surface area (TPSA) is 130 Å². The standard InChI is InChI=1S/C19H24N6O5/c1-22-17-15(18(29)23(2)19(22)30)20-16(21-17)11-4-3-8-24(10-11)12(26)7-9-25-13(27)5-6-14(25)28/h11H,3-10H2,1-2H3,(H,20,21). The van der Waals surface area contributed by atoms with Crippen LogP contribution in [0.2, 0.25) is 0 Å². The highest BCUT2D eigenvalue weighted by molar-refractivity contribution is 6.02. The normalized spacial score (nSPS) is 19.9. The fraction of sp³-hybridized carbons (Fsp3) is 0.579. The molecule has 2 aliphatic rings. The monoisotopic (exact) mass is 416 g/mol. The molecule has 1 N–H and O–H groups in total. The van der Waals surface area contributed by atoms with Crippen LogP contribution in [0.25, 0.3) is 11.2 Å². The highest BCUT2D eigenvalue weighted by Crippen LogP contribution is 2.26. The molecule has 2 aromatic rings. The Bertz CT molecular complexity index is 1140. The van der Waals surface area contributed by atoms with Crippen LogP contribution in [0.1, 0.15) is 43.8 Å². The zero-order chi connectivity index (χ0) is 21.6. The second-order valence-electron chi connectivity index (χ2n) is 7.89. The predicted molar refractivity (Wildman–Crippen MR) is 106 cm³/mol. The average Bonchev–Trinajstić information content (AvgIpc) is 3.33. The number of imidazole rings is 1. The zero-order valence-electron chi connectivity index (χ0n) is 17.0. The van der Waals surface area contributed by atoms with Crippen LogP contribution < -0.4 is 11.2 Å². The van der Waals surface area contributed by atoms with Gasteiger partial charge in [-0.15, -0.1) is 0 Å². The van der Waals surface area contributed by atoms with Crippen LogP contribution >= 0.6 is 0 Å². The van der Waals surface area contributed by atoms with Crippen LogP contribution in [0.5, 0.6) is 0 Å². The number of rotatable bonds is 4. The van der Waals surface area contributed by atoms with Gasteiger partial charge in [-0.25, -0.2) is 9.78 Å². The number of hydrogen-bond donors (Lipinski definition) is 1. The van der Waals surface area contributed by atoms with Crippen molar-refractivity contribution in [2.24, 2.45) is 14.1 Å². The molecule has 2 aliphatic heterocycles. The molecular weight excluding hydrogens is 392 g/mol. The number of likely N-dealkylation sites (tertiary alicyclic amines) is 2. The van der Waals surface area contributed by atoms with Gasteiger partial charge in [0.15, 0.2) is 5.65 Å². The second-order valence-corrected chi connectivity index (χ2v) is 7.89. The molecule has 4 rings (SSSR count). The molecule has 2 saturated heterocycles. The van der Waals surface area contributed by atoms with Crippen molar-refractivity contribution in [3.05, 3.63) is 26.7 Å².